The highest BCUT2D eigenvalue weighted by atomic mass is 19.1. The van der Waals surface area contributed by atoms with Crippen molar-refractivity contribution in [1.82, 2.24) is 0 Å². The van der Waals surface area contributed by atoms with Crippen molar-refractivity contribution in [2.24, 2.45) is 5.73 Å². The molecule has 0 bridgehead atoms. The predicted molar refractivity (Wildman–Crippen MR) is 65.4 cm³/mol. The third-order valence-corrected chi connectivity index (χ3v) is 3.08. The maximum Gasteiger partial charge on any atom is 0.227 e. The highest BCUT2D eigenvalue weighted by molar-refractivity contribution is 5.96. The molecule has 0 saturated heterocycles. The van der Waals surface area contributed by atoms with Crippen molar-refractivity contribution >= 4 is 11.6 Å². The molecule has 1 amide bonds. The van der Waals surface area contributed by atoms with Crippen molar-refractivity contribution in [3.8, 4) is 0 Å². The number of aryl methyl sites for hydroxylation is 1. The van der Waals surface area contributed by atoms with Crippen LogP contribution in [0.5, 0.6) is 0 Å². The van der Waals surface area contributed by atoms with E-state index in [1.54, 1.807) is 11.0 Å². The maximum absolute atomic E-state index is 13.2. The number of benzene rings is 1. The Hall–Kier alpha value is -1.42. The Bertz CT molecular complexity index is 420. The Morgan fingerprint density at radius 2 is 2.12 bits per heavy atom. The monoisotopic (exact) mass is 236 g/mol. The Morgan fingerprint density at radius 3 is 2.88 bits per heavy atom. The van der Waals surface area contributed by atoms with Crippen LogP contribution in [0.25, 0.3) is 0 Å². The van der Waals surface area contributed by atoms with Crippen molar-refractivity contribution in [3.05, 3.63) is 29.6 Å². The fourth-order valence-electron chi connectivity index (χ4n) is 2.17. The molecule has 0 unspecified atom stereocenters. The number of hydrogen-bond donors (Lipinski definition) is 1. The van der Waals surface area contributed by atoms with Gasteiger partial charge in [0.25, 0.3) is 0 Å². The van der Waals surface area contributed by atoms with Gasteiger partial charge in [-0.1, -0.05) is 6.07 Å². The summed E-state index contributed by atoms with van der Waals surface area (Å²) in [6, 6.07) is 4.68. The maximum atomic E-state index is 13.2. The number of unbranched alkanes of at least 4 members (excludes halogenated alkanes) is 1. The topological polar surface area (TPSA) is 46.3 Å². The zero-order valence-electron chi connectivity index (χ0n) is 9.79. The van der Waals surface area contributed by atoms with Crippen LogP contribution in [0.4, 0.5) is 10.1 Å². The SMILES string of the molecule is NCCCCN1C(=O)CCc2ccc(F)cc21. The second-order valence-corrected chi connectivity index (χ2v) is 4.31. The van der Waals surface area contributed by atoms with Gasteiger partial charge in [-0.15, -0.1) is 0 Å². The Morgan fingerprint density at radius 1 is 1.29 bits per heavy atom. The number of nitrogens with zero attached hydrogens (tertiary/aromatic N) is 1. The number of carbonyl (C=O) groups is 1. The largest absolute Gasteiger partial charge is 0.330 e. The molecular weight excluding hydrogens is 219 g/mol. The molecule has 2 rings (SSSR count). The van der Waals surface area contributed by atoms with Crippen molar-refractivity contribution in [1.29, 1.82) is 0 Å². The molecule has 2 N–H and O–H groups in total. The molecule has 0 saturated carbocycles. The van der Waals surface area contributed by atoms with Gasteiger partial charge in [0.2, 0.25) is 5.91 Å². The van der Waals surface area contributed by atoms with Crippen LogP contribution < -0.4 is 10.6 Å². The van der Waals surface area contributed by atoms with Gasteiger partial charge in [-0.25, -0.2) is 4.39 Å². The Kier molecular flexibility index (Phi) is 3.74. The summed E-state index contributed by atoms with van der Waals surface area (Å²) in [6.45, 7) is 1.25. The number of amides is 1. The lowest BCUT2D eigenvalue weighted by Crippen LogP contribution is -2.36. The van der Waals surface area contributed by atoms with Crippen LogP contribution in [0.3, 0.4) is 0 Å². The van der Waals surface area contributed by atoms with Gasteiger partial charge in [-0.2, -0.15) is 0 Å². The van der Waals surface area contributed by atoms with E-state index in [0.29, 0.717) is 25.9 Å². The second kappa shape index (κ2) is 5.27. The van der Waals surface area contributed by atoms with Gasteiger partial charge in [-0.05, 0) is 43.5 Å². The molecule has 0 aliphatic carbocycles. The van der Waals surface area contributed by atoms with E-state index in [9.17, 15) is 9.18 Å². The van der Waals surface area contributed by atoms with E-state index in [4.69, 9.17) is 5.73 Å². The molecule has 4 heteroatoms. The lowest BCUT2D eigenvalue weighted by Gasteiger charge is -2.29. The molecule has 92 valence electrons. The van der Waals surface area contributed by atoms with Crippen molar-refractivity contribution < 1.29 is 9.18 Å². The summed E-state index contributed by atoms with van der Waals surface area (Å²) in [5.74, 6) is -0.206. The first-order valence-electron chi connectivity index (χ1n) is 6.01. The van der Waals surface area contributed by atoms with E-state index in [2.05, 4.69) is 0 Å². The summed E-state index contributed by atoms with van der Waals surface area (Å²) in [7, 11) is 0. The second-order valence-electron chi connectivity index (χ2n) is 4.31. The smallest absolute Gasteiger partial charge is 0.227 e. The molecule has 1 aliphatic heterocycles. The van der Waals surface area contributed by atoms with E-state index in [0.717, 1.165) is 24.1 Å². The summed E-state index contributed by atoms with van der Waals surface area (Å²) < 4.78 is 13.2. The first-order chi connectivity index (χ1) is 8.22. The lowest BCUT2D eigenvalue weighted by atomic mass is 10.0. The fourth-order valence-corrected chi connectivity index (χ4v) is 2.17. The highest BCUT2D eigenvalue weighted by Gasteiger charge is 2.23. The van der Waals surface area contributed by atoms with Crippen LogP contribution in [-0.2, 0) is 11.2 Å². The van der Waals surface area contributed by atoms with Gasteiger partial charge in [0.15, 0.2) is 0 Å². The first-order valence-corrected chi connectivity index (χ1v) is 6.01. The predicted octanol–water partition coefficient (Wildman–Crippen LogP) is 1.84. The van der Waals surface area contributed by atoms with Crippen molar-refractivity contribution in [2.45, 2.75) is 25.7 Å². The average molecular weight is 236 g/mol. The summed E-state index contributed by atoms with van der Waals surface area (Å²) >= 11 is 0. The zero-order valence-corrected chi connectivity index (χ0v) is 9.79. The molecule has 1 aromatic carbocycles. The van der Waals surface area contributed by atoms with Gasteiger partial charge in [0, 0.05) is 18.7 Å². The number of nitrogens with two attached hydrogens (primary N) is 1. The van der Waals surface area contributed by atoms with Crippen molar-refractivity contribution in [2.75, 3.05) is 18.0 Å². The molecule has 0 radical (unpaired) electrons. The van der Waals surface area contributed by atoms with Gasteiger partial charge >= 0.3 is 0 Å². The third kappa shape index (κ3) is 2.64. The highest BCUT2D eigenvalue weighted by Crippen LogP contribution is 2.28. The molecule has 1 aromatic rings. The third-order valence-electron chi connectivity index (χ3n) is 3.08. The summed E-state index contributed by atoms with van der Waals surface area (Å²) in [4.78, 5) is 13.5. The standard InChI is InChI=1S/C13H17FN2O/c14-11-5-3-10-4-6-13(17)16(12(10)9-11)8-2-1-7-15/h3,5,9H,1-2,4,6-8,15H2. The minimum absolute atomic E-state index is 0.0834. The Labute approximate surface area is 100 Å². The van der Waals surface area contributed by atoms with Crippen LogP contribution >= 0.6 is 0 Å². The van der Waals surface area contributed by atoms with E-state index >= 15 is 0 Å². The summed E-state index contributed by atoms with van der Waals surface area (Å²) in [6.07, 6.45) is 2.97. The zero-order chi connectivity index (χ0) is 12.3. The number of halogens is 1. The van der Waals surface area contributed by atoms with Gasteiger partial charge in [-0.3, -0.25) is 4.79 Å². The molecule has 1 aliphatic rings. The van der Waals surface area contributed by atoms with E-state index in [1.165, 1.54) is 12.1 Å². The van der Waals surface area contributed by atoms with Gasteiger partial charge < -0.3 is 10.6 Å². The first kappa shape index (κ1) is 12.0. The molecule has 0 atom stereocenters. The number of rotatable bonds is 4. The van der Waals surface area contributed by atoms with Crippen molar-refractivity contribution in [3.63, 3.8) is 0 Å². The molecular formula is C13H17FN2O. The van der Waals surface area contributed by atoms with Crippen LogP contribution in [0.15, 0.2) is 18.2 Å². The molecule has 1 heterocycles. The average Bonchev–Trinajstić information content (AvgIpc) is 2.32. The Balaban J connectivity index is 2.20. The van der Waals surface area contributed by atoms with Crippen LogP contribution in [-0.4, -0.2) is 19.0 Å². The minimum Gasteiger partial charge on any atom is -0.330 e. The van der Waals surface area contributed by atoms with Crippen LogP contribution in [0.1, 0.15) is 24.8 Å². The summed E-state index contributed by atoms with van der Waals surface area (Å²) in [5.41, 5.74) is 7.22. The molecule has 3 nitrogen and oxygen atoms in total. The number of fused-ring (bicyclic) bond motifs is 1. The van der Waals surface area contributed by atoms with Crippen LogP contribution in [0, 0.1) is 5.82 Å². The van der Waals surface area contributed by atoms with Crippen LogP contribution in [0.2, 0.25) is 0 Å². The number of anilines is 1. The van der Waals surface area contributed by atoms with E-state index in [1.807, 2.05) is 0 Å². The molecule has 17 heavy (non-hydrogen) atoms. The molecule has 0 aromatic heterocycles. The summed E-state index contributed by atoms with van der Waals surface area (Å²) in [5, 5.41) is 0. The minimum atomic E-state index is -0.290. The van der Waals surface area contributed by atoms with E-state index < -0.39 is 0 Å². The normalized spacial score (nSPS) is 14.9. The number of hydrogen-bond acceptors (Lipinski definition) is 2. The van der Waals surface area contributed by atoms with E-state index in [-0.39, 0.29) is 11.7 Å². The lowest BCUT2D eigenvalue weighted by molar-refractivity contribution is -0.118. The quantitative estimate of drug-likeness (QED) is 0.811. The molecule has 0 spiro atoms. The molecule has 0 fully saturated rings. The number of carbonyl (C=O) groups excluding carboxylic acids is 1. The van der Waals surface area contributed by atoms with Gasteiger partial charge in [0.05, 0.1) is 0 Å². The van der Waals surface area contributed by atoms with Gasteiger partial charge in [0.1, 0.15) is 5.82 Å². The fraction of sp³-hybridized carbons (Fsp3) is 0.462.